The third kappa shape index (κ3) is 2.64. The van der Waals surface area contributed by atoms with Gasteiger partial charge in [-0.1, -0.05) is 19.1 Å². The number of thiazole rings is 1. The van der Waals surface area contributed by atoms with Gasteiger partial charge in [0.2, 0.25) is 0 Å². The van der Waals surface area contributed by atoms with Gasteiger partial charge in [0, 0.05) is 13.1 Å². The Labute approximate surface area is 110 Å². The fourth-order valence-electron chi connectivity index (χ4n) is 2.23. The molecule has 17 heavy (non-hydrogen) atoms. The summed E-state index contributed by atoms with van der Waals surface area (Å²) in [6.07, 6.45) is 2.69. The average Bonchev–Trinajstić information content (AvgIpc) is 2.71. The summed E-state index contributed by atoms with van der Waals surface area (Å²) in [6, 6.07) is 8.38. The van der Waals surface area contributed by atoms with Crippen molar-refractivity contribution in [2.75, 3.05) is 13.1 Å². The molecule has 1 aliphatic rings. The van der Waals surface area contributed by atoms with E-state index in [1.54, 1.807) is 11.3 Å². The van der Waals surface area contributed by atoms with Crippen molar-refractivity contribution >= 4 is 33.5 Å². The SMILES string of the molecule is CC1CCCN(Sc2nc3ccccc3s2)C1. The molecular weight excluding hydrogens is 248 g/mol. The smallest absolute Gasteiger partial charge is 0.166 e. The van der Waals surface area contributed by atoms with Crippen LogP contribution in [-0.2, 0) is 0 Å². The van der Waals surface area contributed by atoms with Crippen molar-refractivity contribution in [1.29, 1.82) is 0 Å². The number of benzene rings is 1. The summed E-state index contributed by atoms with van der Waals surface area (Å²) in [7, 11) is 0. The third-order valence-corrected chi connectivity index (χ3v) is 5.24. The monoisotopic (exact) mass is 264 g/mol. The minimum atomic E-state index is 0.825. The summed E-state index contributed by atoms with van der Waals surface area (Å²) >= 11 is 3.64. The molecule has 1 aromatic heterocycles. The van der Waals surface area contributed by atoms with Gasteiger partial charge in [0.05, 0.1) is 10.2 Å². The highest BCUT2D eigenvalue weighted by Gasteiger charge is 2.18. The molecule has 0 spiro atoms. The summed E-state index contributed by atoms with van der Waals surface area (Å²) < 4.78 is 4.94. The van der Waals surface area contributed by atoms with Crippen LogP contribution in [0, 0.1) is 5.92 Å². The molecular formula is C13H16N2S2. The van der Waals surface area contributed by atoms with Crippen LogP contribution < -0.4 is 0 Å². The fourth-order valence-corrected chi connectivity index (χ4v) is 4.57. The first-order valence-corrected chi connectivity index (χ1v) is 7.69. The molecule has 1 aliphatic heterocycles. The van der Waals surface area contributed by atoms with E-state index in [0.717, 1.165) is 11.4 Å². The van der Waals surface area contributed by atoms with E-state index in [-0.39, 0.29) is 0 Å². The summed E-state index contributed by atoms with van der Waals surface area (Å²) in [4.78, 5) is 4.67. The highest BCUT2D eigenvalue weighted by atomic mass is 32.2. The maximum Gasteiger partial charge on any atom is 0.166 e. The Kier molecular flexibility index (Phi) is 3.36. The van der Waals surface area contributed by atoms with Crippen LogP contribution in [0.25, 0.3) is 10.2 Å². The number of nitrogens with zero attached hydrogens (tertiary/aromatic N) is 2. The third-order valence-electron chi connectivity index (χ3n) is 3.10. The van der Waals surface area contributed by atoms with Crippen LogP contribution in [0.2, 0.25) is 0 Å². The number of rotatable bonds is 2. The molecule has 2 heterocycles. The molecule has 2 aromatic rings. The van der Waals surface area contributed by atoms with Crippen LogP contribution >= 0.6 is 23.3 Å². The first-order valence-electron chi connectivity index (χ1n) is 6.10. The van der Waals surface area contributed by atoms with Crippen LogP contribution in [0.5, 0.6) is 0 Å². The molecule has 0 radical (unpaired) electrons. The second kappa shape index (κ2) is 4.96. The predicted molar refractivity (Wildman–Crippen MR) is 75.4 cm³/mol. The molecule has 0 amide bonds. The normalized spacial score (nSPS) is 22.1. The highest BCUT2D eigenvalue weighted by Crippen LogP contribution is 2.33. The molecule has 0 aliphatic carbocycles. The Morgan fingerprint density at radius 2 is 2.29 bits per heavy atom. The maximum atomic E-state index is 4.67. The predicted octanol–water partition coefficient (Wildman–Crippen LogP) is 4.04. The molecule has 3 rings (SSSR count). The van der Waals surface area contributed by atoms with E-state index in [1.807, 2.05) is 11.9 Å². The first kappa shape index (κ1) is 11.5. The lowest BCUT2D eigenvalue weighted by atomic mass is 10.0. The van der Waals surface area contributed by atoms with Crippen LogP contribution in [0.4, 0.5) is 0 Å². The standard InChI is InChI=1S/C13H16N2S2/c1-10-5-4-8-15(9-10)17-13-14-11-6-2-3-7-12(11)16-13/h2-3,6-7,10H,4-5,8-9H2,1H3. The second-order valence-corrected chi connectivity index (χ2v) is 7.05. The molecule has 90 valence electrons. The maximum absolute atomic E-state index is 4.67. The Morgan fingerprint density at radius 1 is 1.41 bits per heavy atom. The van der Waals surface area contributed by atoms with E-state index in [4.69, 9.17) is 0 Å². The van der Waals surface area contributed by atoms with E-state index in [1.165, 1.54) is 35.0 Å². The van der Waals surface area contributed by atoms with Crippen molar-refractivity contribution in [3.63, 3.8) is 0 Å². The average molecular weight is 264 g/mol. The van der Waals surface area contributed by atoms with E-state index >= 15 is 0 Å². The number of fused-ring (bicyclic) bond motifs is 1. The summed E-state index contributed by atoms with van der Waals surface area (Å²) in [5.74, 6) is 0.825. The van der Waals surface area contributed by atoms with Crippen LogP contribution in [0.1, 0.15) is 19.8 Å². The van der Waals surface area contributed by atoms with Gasteiger partial charge in [0.1, 0.15) is 0 Å². The Hall–Kier alpha value is -0.580. The topological polar surface area (TPSA) is 16.1 Å². The van der Waals surface area contributed by atoms with E-state index < -0.39 is 0 Å². The van der Waals surface area contributed by atoms with Gasteiger partial charge in [-0.05, 0) is 42.8 Å². The molecule has 1 unspecified atom stereocenters. The van der Waals surface area contributed by atoms with Crippen LogP contribution in [-0.4, -0.2) is 22.4 Å². The second-order valence-electron chi connectivity index (χ2n) is 4.67. The van der Waals surface area contributed by atoms with Gasteiger partial charge < -0.3 is 0 Å². The molecule has 1 aromatic carbocycles. The van der Waals surface area contributed by atoms with Crippen molar-refractivity contribution in [2.45, 2.75) is 24.1 Å². The van der Waals surface area contributed by atoms with E-state index in [0.29, 0.717) is 0 Å². The largest absolute Gasteiger partial charge is 0.244 e. The Bertz CT molecular complexity index is 476. The zero-order valence-corrected chi connectivity index (χ0v) is 11.6. The number of piperidine rings is 1. The highest BCUT2D eigenvalue weighted by molar-refractivity contribution is 7.98. The van der Waals surface area contributed by atoms with Gasteiger partial charge in [0.15, 0.2) is 4.34 Å². The Morgan fingerprint density at radius 3 is 3.12 bits per heavy atom. The van der Waals surface area contributed by atoms with Crippen molar-refractivity contribution in [3.8, 4) is 0 Å². The molecule has 4 heteroatoms. The van der Waals surface area contributed by atoms with Crippen LogP contribution in [0.15, 0.2) is 28.6 Å². The van der Waals surface area contributed by atoms with Crippen molar-refractivity contribution in [2.24, 2.45) is 5.92 Å². The molecule has 1 fully saturated rings. The quantitative estimate of drug-likeness (QED) is 0.762. The molecule has 2 nitrogen and oxygen atoms in total. The lowest BCUT2D eigenvalue weighted by Gasteiger charge is -2.28. The molecule has 1 saturated heterocycles. The molecule has 0 bridgehead atoms. The van der Waals surface area contributed by atoms with Gasteiger partial charge in [0.25, 0.3) is 0 Å². The molecule has 1 atom stereocenters. The Balaban J connectivity index is 1.75. The number of para-hydroxylation sites is 1. The van der Waals surface area contributed by atoms with Crippen molar-refractivity contribution in [3.05, 3.63) is 24.3 Å². The van der Waals surface area contributed by atoms with Gasteiger partial charge in [-0.15, -0.1) is 11.3 Å². The summed E-state index contributed by atoms with van der Waals surface area (Å²) in [5.41, 5.74) is 1.13. The van der Waals surface area contributed by atoms with Gasteiger partial charge in [-0.3, -0.25) is 0 Å². The minimum absolute atomic E-state index is 0.825. The van der Waals surface area contributed by atoms with Crippen molar-refractivity contribution < 1.29 is 0 Å². The van der Waals surface area contributed by atoms with E-state index in [9.17, 15) is 0 Å². The number of hydrogen-bond donors (Lipinski definition) is 0. The zero-order chi connectivity index (χ0) is 11.7. The number of hydrogen-bond acceptors (Lipinski definition) is 4. The van der Waals surface area contributed by atoms with Gasteiger partial charge >= 0.3 is 0 Å². The molecule has 0 N–H and O–H groups in total. The lowest BCUT2D eigenvalue weighted by molar-refractivity contribution is 0.302. The number of aromatic nitrogens is 1. The summed E-state index contributed by atoms with van der Waals surface area (Å²) in [5, 5.41) is 0. The van der Waals surface area contributed by atoms with Crippen LogP contribution in [0.3, 0.4) is 0 Å². The lowest BCUT2D eigenvalue weighted by Crippen LogP contribution is -2.28. The van der Waals surface area contributed by atoms with Crippen molar-refractivity contribution in [1.82, 2.24) is 9.29 Å². The van der Waals surface area contributed by atoms with Gasteiger partial charge in [-0.2, -0.15) is 0 Å². The first-order chi connectivity index (χ1) is 8.31. The fraction of sp³-hybridized carbons (Fsp3) is 0.462. The van der Waals surface area contributed by atoms with Gasteiger partial charge in [-0.25, -0.2) is 9.29 Å². The molecule has 0 saturated carbocycles. The zero-order valence-electron chi connectivity index (χ0n) is 9.93. The summed E-state index contributed by atoms with van der Waals surface area (Å²) in [6.45, 7) is 4.73. The minimum Gasteiger partial charge on any atom is -0.244 e. The van der Waals surface area contributed by atoms with E-state index in [2.05, 4.69) is 40.5 Å².